The molecule has 0 bridgehead atoms. The van der Waals surface area contributed by atoms with E-state index in [0.717, 1.165) is 36.3 Å². The average Bonchev–Trinajstić information content (AvgIpc) is 2.78. The van der Waals surface area contributed by atoms with Crippen LogP contribution in [0.4, 0.5) is 5.82 Å². The van der Waals surface area contributed by atoms with Gasteiger partial charge in [-0.1, -0.05) is 13.8 Å². The van der Waals surface area contributed by atoms with Gasteiger partial charge in [0, 0.05) is 19.3 Å². The summed E-state index contributed by atoms with van der Waals surface area (Å²) < 4.78 is 0. The molecule has 1 N–H and O–H groups in total. The maximum absolute atomic E-state index is 9.58. The summed E-state index contributed by atoms with van der Waals surface area (Å²) in [6.45, 7) is 8.54. The molecule has 0 amide bonds. The first-order valence-electron chi connectivity index (χ1n) is 6.47. The second kappa shape index (κ2) is 5.05. The molecule has 1 unspecified atom stereocenters. The molecule has 2 heterocycles. The molecule has 1 aliphatic heterocycles. The van der Waals surface area contributed by atoms with Crippen molar-refractivity contribution in [2.45, 2.75) is 33.3 Å². The predicted octanol–water partition coefficient (Wildman–Crippen LogP) is 2.62. The minimum absolute atomic E-state index is 0.416. The molecule has 3 heteroatoms. The van der Waals surface area contributed by atoms with Crippen LogP contribution in [-0.4, -0.2) is 23.2 Å². The fourth-order valence-electron chi connectivity index (χ4n) is 2.41. The Labute approximate surface area is 103 Å². The summed E-state index contributed by atoms with van der Waals surface area (Å²) in [5.74, 6) is 2.51. The van der Waals surface area contributed by atoms with Crippen LogP contribution in [0.25, 0.3) is 0 Å². The molecule has 0 saturated carbocycles. The average molecular weight is 234 g/mol. The molecule has 1 aliphatic rings. The van der Waals surface area contributed by atoms with Gasteiger partial charge in [-0.15, -0.1) is 0 Å². The third kappa shape index (κ3) is 2.78. The summed E-state index contributed by atoms with van der Waals surface area (Å²) in [7, 11) is 0. The first-order chi connectivity index (χ1) is 8.08. The molecule has 1 aromatic rings. The highest BCUT2D eigenvalue weighted by Gasteiger charge is 2.25. The van der Waals surface area contributed by atoms with Crippen LogP contribution in [0.1, 0.15) is 38.9 Å². The number of hydrogen-bond donors (Lipinski definition) is 1. The van der Waals surface area contributed by atoms with Gasteiger partial charge < -0.3 is 10.0 Å². The highest BCUT2D eigenvalue weighted by molar-refractivity contribution is 5.42. The lowest BCUT2D eigenvalue weighted by Crippen LogP contribution is -2.22. The Balaban J connectivity index is 2.11. The lowest BCUT2D eigenvalue weighted by molar-refractivity contribution is 0.199. The van der Waals surface area contributed by atoms with Crippen LogP contribution in [0.5, 0.6) is 0 Å². The number of anilines is 1. The van der Waals surface area contributed by atoms with E-state index in [-0.39, 0.29) is 0 Å². The van der Waals surface area contributed by atoms with E-state index in [0.29, 0.717) is 0 Å². The van der Waals surface area contributed by atoms with Gasteiger partial charge in [-0.2, -0.15) is 0 Å². The molecule has 0 radical (unpaired) electrons. The fourth-order valence-corrected chi connectivity index (χ4v) is 2.41. The summed E-state index contributed by atoms with van der Waals surface area (Å²) >= 11 is 0. The van der Waals surface area contributed by atoms with E-state index in [1.165, 1.54) is 6.42 Å². The lowest BCUT2D eigenvalue weighted by atomic mass is 9.95. The van der Waals surface area contributed by atoms with Gasteiger partial charge in [-0.25, -0.2) is 4.98 Å². The molecule has 2 atom stereocenters. The van der Waals surface area contributed by atoms with Crippen molar-refractivity contribution in [1.82, 2.24) is 4.98 Å². The second-order valence-corrected chi connectivity index (χ2v) is 5.36. The summed E-state index contributed by atoms with van der Waals surface area (Å²) in [6.07, 6.45) is 2.62. The fraction of sp³-hybridized carbons (Fsp3) is 0.643. The van der Waals surface area contributed by atoms with Gasteiger partial charge in [0.25, 0.3) is 0 Å². The van der Waals surface area contributed by atoms with Crippen LogP contribution < -0.4 is 4.90 Å². The first-order valence-corrected chi connectivity index (χ1v) is 6.47. The summed E-state index contributed by atoms with van der Waals surface area (Å²) in [6, 6.07) is 3.89. The maximum atomic E-state index is 9.58. The number of rotatable bonds is 3. The van der Waals surface area contributed by atoms with E-state index in [1.54, 1.807) is 13.1 Å². The lowest BCUT2D eigenvalue weighted by Gasteiger charge is -2.20. The van der Waals surface area contributed by atoms with E-state index in [4.69, 9.17) is 0 Å². The Hall–Kier alpha value is -1.09. The largest absolute Gasteiger partial charge is 0.389 e. The quantitative estimate of drug-likeness (QED) is 0.873. The van der Waals surface area contributed by atoms with Gasteiger partial charge in [0.05, 0.1) is 6.10 Å². The van der Waals surface area contributed by atoms with Gasteiger partial charge in [0.2, 0.25) is 0 Å². The van der Waals surface area contributed by atoms with E-state index >= 15 is 0 Å². The third-order valence-electron chi connectivity index (χ3n) is 3.74. The molecule has 1 fully saturated rings. The molecular formula is C14H22N2O. The summed E-state index contributed by atoms with van der Waals surface area (Å²) in [4.78, 5) is 6.74. The van der Waals surface area contributed by atoms with E-state index < -0.39 is 6.10 Å². The number of nitrogens with zero attached hydrogens (tertiary/aromatic N) is 2. The Kier molecular flexibility index (Phi) is 3.67. The topological polar surface area (TPSA) is 36.4 Å². The number of aromatic nitrogens is 1. The van der Waals surface area contributed by atoms with E-state index in [9.17, 15) is 5.11 Å². The third-order valence-corrected chi connectivity index (χ3v) is 3.74. The SMILES string of the molecule is CC(C)C1CCN(c2cc([C@@H](C)O)ccn2)C1. The Morgan fingerprint density at radius 3 is 2.76 bits per heavy atom. The van der Waals surface area contributed by atoms with Gasteiger partial charge in [-0.3, -0.25) is 0 Å². The highest BCUT2D eigenvalue weighted by Crippen LogP contribution is 2.28. The van der Waals surface area contributed by atoms with Crippen LogP contribution in [0.3, 0.4) is 0 Å². The van der Waals surface area contributed by atoms with E-state index in [2.05, 4.69) is 23.7 Å². The second-order valence-electron chi connectivity index (χ2n) is 5.36. The molecule has 1 aromatic heterocycles. The monoisotopic (exact) mass is 234 g/mol. The molecule has 0 aromatic carbocycles. The molecule has 0 aliphatic carbocycles. The number of aliphatic hydroxyl groups is 1. The van der Waals surface area contributed by atoms with Crippen LogP contribution >= 0.6 is 0 Å². The number of aliphatic hydroxyl groups excluding tert-OH is 1. The normalized spacial score (nSPS) is 22.2. The molecular weight excluding hydrogens is 212 g/mol. The van der Waals surface area contributed by atoms with Gasteiger partial charge in [0.1, 0.15) is 5.82 Å². The Morgan fingerprint density at radius 2 is 2.18 bits per heavy atom. The first kappa shape index (κ1) is 12.4. The zero-order chi connectivity index (χ0) is 12.4. The zero-order valence-corrected chi connectivity index (χ0v) is 10.9. The minimum Gasteiger partial charge on any atom is -0.389 e. The van der Waals surface area contributed by atoms with Crippen LogP contribution in [-0.2, 0) is 0 Å². The van der Waals surface area contributed by atoms with E-state index in [1.807, 2.05) is 12.1 Å². The number of hydrogen-bond acceptors (Lipinski definition) is 3. The highest BCUT2D eigenvalue weighted by atomic mass is 16.3. The van der Waals surface area contributed by atoms with Crippen molar-refractivity contribution in [3.8, 4) is 0 Å². The number of pyridine rings is 1. The van der Waals surface area contributed by atoms with Gasteiger partial charge in [-0.05, 0) is 42.9 Å². The van der Waals surface area contributed by atoms with Crippen molar-refractivity contribution in [1.29, 1.82) is 0 Å². The van der Waals surface area contributed by atoms with Crippen molar-refractivity contribution in [2.75, 3.05) is 18.0 Å². The zero-order valence-electron chi connectivity index (χ0n) is 10.9. The summed E-state index contributed by atoms with van der Waals surface area (Å²) in [5, 5.41) is 9.58. The molecule has 3 nitrogen and oxygen atoms in total. The summed E-state index contributed by atoms with van der Waals surface area (Å²) in [5.41, 5.74) is 0.947. The van der Waals surface area contributed by atoms with Crippen LogP contribution in [0, 0.1) is 11.8 Å². The molecule has 1 saturated heterocycles. The van der Waals surface area contributed by atoms with Crippen molar-refractivity contribution >= 4 is 5.82 Å². The maximum Gasteiger partial charge on any atom is 0.128 e. The van der Waals surface area contributed by atoms with Gasteiger partial charge >= 0.3 is 0 Å². The molecule has 2 rings (SSSR count). The van der Waals surface area contributed by atoms with Crippen LogP contribution in [0.15, 0.2) is 18.3 Å². The predicted molar refractivity (Wildman–Crippen MR) is 70.0 cm³/mol. The molecule has 94 valence electrons. The van der Waals surface area contributed by atoms with Crippen LogP contribution in [0.2, 0.25) is 0 Å². The van der Waals surface area contributed by atoms with Crippen molar-refractivity contribution < 1.29 is 5.11 Å². The molecule has 0 spiro atoms. The minimum atomic E-state index is -0.416. The van der Waals surface area contributed by atoms with Crippen molar-refractivity contribution in [2.24, 2.45) is 11.8 Å². The van der Waals surface area contributed by atoms with Crippen molar-refractivity contribution in [3.05, 3.63) is 23.9 Å². The Bertz CT molecular complexity index is 376. The van der Waals surface area contributed by atoms with Gasteiger partial charge in [0.15, 0.2) is 0 Å². The smallest absolute Gasteiger partial charge is 0.128 e. The molecule has 17 heavy (non-hydrogen) atoms. The van der Waals surface area contributed by atoms with Crippen molar-refractivity contribution in [3.63, 3.8) is 0 Å². The standard InChI is InChI=1S/C14H22N2O/c1-10(2)13-5-7-16(9-13)14-8-12(11(3)17)4-6-15-14/h4,6,8,10-11,13,17H,5,7,9H2,1-3H3/t11-,13?/m1/s1. The Morgan fingerprint density at radius 1 is 1.41 bits per heavy atom.